The van der Waals surface area contributed by atoms with Gasteiger partial charge in [0.15, 0.2) is 18.3 Å². The molecular formula is C28H24O7. The van der Waals surface area contributed by atoms with Crippen LogP contribution in [-0.2, 0) is 18.9 Å². The monoisotopic (exact) mass is 472 g/mol. The van der Waals surface area contributed by atoms with Crippen LogP contribution in [0.25, 0.3) is 0 Å². The van der Waals surface area contributed by atoms with Crippen molar-refractivity contribution < 1.29 is 33.3 Å². The first-order valence-electron chi connectivity index (χ1n) is 11.1. The normalized spacial score (nSPS) is 21.3. The fourth-order valence-electron chi connectivity index (χ4n) is 3.71. The van der Waals surface area contributed by atoms with Gasteiger partial charge in [0, 0.05) is 0 Å². The molecule has 0 radical (unpaired) electrons. The third kappa shape index (κ3) is 5.58. The van der Waals surface area contributed by atoms with Crippen LogP contribution in [0.4, 0.5) is 0 Å². The Bertz CT molecular complexity index is 1190. The van der Waals surface area contributed by atoms with Crippen LogP contribution < -0.4 is 0 Å². The van der Waals surface area contributed by atoms with Crippen LogP contribution in [0.2, 0.25) is 0 Å². The number of benzene rings is 3. The molecule has 1 heterocycles. The van der Waals surface area contributed by atoms with E-state index < -0.39 is 42.3 Å². The summed E-state index contributed by atoms with van der Waals surface area (Å²) in [5, 5.41) is 0. The highest BCUT2D eigenvalue weighted by molar-refractivity contribution is 5.91. The zero-order chi connectivity index (χ0) is 24.8. The second kappa shape index (κ2) is 10.7. The standard InChI is InChI=1S/C28H24O7/c1-18-23(33-26(29)20-12-6-3-7-13-20)25(35-28(31)22-16-10-5-11-17-22)24(19(2)32-18)34-27(30)21-14-8-4-9-15-21/h3-17,19,23-25H,1H2,2H3/t19?,23?,24-,25+/m0/s1. The van der Waals surface area contributed by atoms with Gasteiger partial charge in [-0.15, -0.1) is 0 Å². The topological polar surface area (TPSA) is 88.1 Å². The third-order valence-corrected chi connectivity index (χ3v) is 5.49. The molecule has 1 fully saturated rings. The predicted molar refractivity (Wildman–Crippen MR) is 127 cm³/mol. The second-order valence-corrected chi connectivity index (χ2v) is 7.95. The molecule has 1 aliphatic rings. The van der Waals surface area contributed by atoms with E-state index in [1.165, 1.54) is 0 Å². The lowest BCUT2D eigenvalue weighted by Gasteiger charge is -2.40. The number of rotatable bonds is 6. The molecule has 3 aromatic rings. The van der Waals surface area contributed by atoms with Crippen molar-refractivity contribution in [2.24, 2.45) is 0 Å². The smallest absolute Gasteiger partial charge is 0.338 e. The molecule has 178 valence electrons. The van der Waals surface area contributed by atoms with Gasteiger partial charge in [0.05, 0.1) is 16.7 Å². The van der Waals surface area contributed by atoms with Crippen LogP contribution in [0.3, 0.4) is 0 Å². The Labute approximate surface area is 202 Å². The SMILES string of the molecule is C=C1OC(C)[C@H](OC(=O)c2ccccc2)[C@H](OC(=O)c2ccccc2)C1OC(=O)c1ccccc1. The first-order chi connectivity index (χ1) is 16.9. The fraction of sp³-hybridized carbons (Fsp3) is 0.179. The van der Waals surface area contributed by atoms with E-state index in [4.69, 9.17) is 18.9 Å². The first kappa shape index (κ1) is 23.8. The predicted octanol–water partition coefficient (Wildman–Crippen LogP) is 4.60. The van der Waals surface area contributed by atoms with Crippen molar-refractivity contribution >= 4 is 17.9 Å². The minimum atomic E-state index is -1.21. The summed E-state index contributed by atoms with van der Waals surface area (Å²) in [6.45, 7) is 5.52. The Morgan fingerprint density at radius 1 is 0.629 bits per heavy atom. The van der Waals surface area contributed by atoms with Gasteiger partial charge in [0.2, 0.25) is 0 Å². The van der Waals surface area contributed by atoms with Crippen LogP contribution in [0.1, 0.15) is 38.0 Å². The Morgan fingerprint density at radius 3 is 1.43 bits per heavy atom. The van der Waals surface area contributed by atoms with Crippen molar-refractivity contribution in [1.29, 1.82) is 0 Å². The molecule has 0 amide bonds. The largest absolute Gasteiger partial charge is 0.488 e. The van der Waals surface area contributed by atoms with Gasteiger partial charge < -0.3 is 18.9 Å². The third-order valence-electron chi connectivity index (χ3n) is 5.49. The average Bonchev–Trinajstić information content (AvgIpc) is 2.89. The zero-order valence-electron chi connectivity index (χ0n) is 19.0. The molecule has 0 aliphatic carbocycles. The van der Waals surface area contributed by atoms with Gasteiger partial charge in [-0.05, 0) is 43.3 Å². The summed E-state index contributed by atoms with van der Waals surface area (Å²) >= 11 is 0. The summed E-state index contributed by atoms with van der Waals surface area (Å²) in [4.78, 5) is 38.6. The van der Waals surface area contributed by atoms with Crippen molar-refractivity contribution in [2.45, 2.75) is 31.3 Å². The maximum absolute atomic E-state index is 13.0. The number of hydrogen-bond acceptors (Lipinski definition) is 7. The summed E-state index contributed by atoms with van der Waals surface area (Å²) in [5.74, 6) is -1.88. The minimum Gasteiger partial charge on any atom is -0.488 e. The second-order valence-electron chi connectivity index (χ2n) is 7.95. The maximum atomic E-state index is 13.0. The molecule has 35 heavy (non-hydrogen) atoms. The van der Waals surface area contributed by atoms with E-state index in [1.54, 1.807) is 97.9 Å². The number of ether oxygens (including phenoxy) is 4. The van der Waals surface area contributed by atoms with Crippen molar-refractivity contribution in [2.75, 3.05) is 0 Å². The molecule has 7 heteroatoms. The van der Waals surface area contributed by atoms with Gasteiger partial charge in [-0.1, -0.05) is 61.2 Å². The van der Waals surface area contributed by atoms with Crippen molar-refractivity contribution in [1.82, 2.24) is 0 Å². The van der Waals surface area contributed by atoms with Crippen LogP contribution in [0, 0.1) is 0 Å². The number of carbonyl (C=O) groups excluding carboxylic acids is 3. The highest BCUT2D eigenvalue weighted by Gasteiger charge is 2.48. The average molecular weight is 472 g/mol. The fourth-order valence-corrected chi connectivity index (χ4v) is 3.71. The van der Waals surface area contributed by atoms with E-state index in [-0.39, 0.29) is 5.76 Å². The molecule has 1 aliphatic heterocycles. The highest BCUT2D eigenvalue weighted by atomic mass is 16.6. The lowest BCUT2D eigenvalue weighted by Crippen LogP contribution is -2.55. The Kier molecular flexibility index (Phi) is 7.26. The van der Waals surface area contributed by atoms with Gasteiger partial charge in [-0.2, -0.15) is 0 Å². The molecule has 4 rings (SSSR count). The van der Waals surface area contributed by atoms with Gasteiger partial charge in [-0.3, -0.25) is 0 Å². The number of hydrogen-bond donors (Lipinski definition) is 0. The van der Waals surface area contributed by atoms with E-state index in [0.717, 1.165) is 0 Å². The van der Waals surface area contributed by atoms with Crippen molar-refractivity contribution in [3.63, 3.8) is 0 Å². The molecule has 0 aromatic heterocycles. The zero-order valence-corrected chi connectivity index (χ0v) is 19.0. The van der Waals surface area contributed by atoms with E-state index in [0.29, 0.717) is 16.7 Å². The molecule has 0 bridgehead atoms. The Morgan fingerprint density at radius 2 is 1.00 bits per heavy atom. The minimum absolute atomic E-state index is 0.0830. The summed E-state index contributed by atoms with van der Waals surface area (Å²) < 4.78 is 22.9. The first-order valence-corrected chi connectivity index (χ1v) is 11.1. The van der Waals surface area contributed by atoms with E-state index in [1.807, 2.05) is 0 Å². The molecule has 0 saturated carbocycles. The molecule has 2 unspecified atom stereocenters. The number of esters is 3. The lowest BCUT2D eigenvalue weighted by atomic mass is 9.98. The van der Waals surface area contributed by atoms with Crippen LogP contribution in [0.5, 0.6) is 0 Å². The summed E-state index contributed by atoms with van der Waals surface area (Å²) in [7, 11) is 0. The van der Waals surface area contributed by atoms with Crippen molar-refractivity contribution in [3.05, 3.63) is 120 Å². The lowest BCUT2D eigenvalue weighted by molar-refractivity contribution is -0.157. The molecular weight excluding hydrogens is 448 g/mol. The van der Waals surface area contributed by atoms with Crippen molar-refractivity contribution in [3.8, 4) is 0 Å². The summed E-state index contributed by atoms with van der Waals surface area (Å²) in [5.41, 5.74) is 0.901. The van der Waals surface area contributed by atoms with Gasteiger partial charge in [0.1, 0.15) is 11.9 Å². The molecule has 7 nitrogen and oxygen atoms in total. The maximum Gasteiger partial charge on any atom is 0.338 e. The Balaban J connectivity index is 1.64. The van der Waals surface area contributed by atoms with E-state index in [2.05, 4.69) is 6.58 Å². The van der Waals surface area contributed by atoms with E-state index >= 15 is 0 Å². The number of carbonyl (C=O) groups is 3. The molecule has 4 atom stereocenters. The summed E-state index contributed by atoms with van der Waals surface area (Å²) in [6, 6.07) is 25.1. The van der Waals surface area contributed by atoms with Crippen LogP contribution in [-0.4, -0.2) is 42.3 Å². The highest BCUT2D eigenvalue weighted by Crippen LogP contribution is 2.31. The molecule has 0 spiro atoms. The summed E-state index contributed by atoms with van der Waals surface area (Å²) in [6.07, 6.45) is -4.20. The van der Waals surface area contributed by atoms with Gasteiger partial charge in [0.25, 0.3) is 0 Å². The quantitative estimate of drug-likeness (QED) is 0.383. The molecule has 1 saturated heterocycles. The van der Waals surface area contributed by atoms with Crippen LogP contribution in [0.15, 0.2) is 103 Å². The van der Waals surface area contributed by atoms with E-state index in [9.17, 15) is 14.4 Å². The molecule has 0 N–H and O–H groups in total. The Hall–Kier alpha value is -4.39. The van der Waals surface area contributed by atoms with Crippen LogP contribution >= 0.6 is 0 Å². The van der Waals surface area contributed by atoms with Gasteiger partial charge in [-0.25, -0.2) is 14.4 Å². The van der Waals surface area contributed by atoms with Gasteiger partial charge >= 0.3 is 17.9 Å². The molecule has 3 aromatic carbocycles.